The van der Waals surface area contributed by atoms with Gasteiger partial charge in [0.15, 0.2) is 6.04 Å². The van der Waals surface area contributed by atoms with Gasteiger partial charge in [-0.2, -0.15) is 0 Å². The predicted molar refractivity (Wildman–Crippen MR) is 100 cm³/mol. The van der Waals surface area contributed by atoms with Crippen molar-refractivity contribution in [2.24, 2.45) is 0 Å². The van der Waals surface area contributed by atoms with E-state index >= 15 is 0 Å². The lowest BCUT2D eigenvalue weighted by Crippen LogP contribution is -3.14. The molecule has 1 heterocycles. The van der Waals surface area contributed by atoms with E-state index in [0.717, 1.165) is 37.2 Å². The van der Waals surface area contributed by atoms with Gasteiger partial charge in [0.05, 0.1) is 18.0 Å². The quantitative estimate of drug-likeness (QED) is 0.640. The second-order valence-electron chi connectivity index (χ2n) is 6.86. The third-order valence-electron chi connectivity index (χ3n) is 4.87. The fourth-order valence-corrected chi connectivity index (χ4v) is 3.62. The molecule has 1 aliphatic rings. The Hall–Kier alpha value is -2.73. The van der Waals surface area contributed by atoms with E-state index in [1.54, 1.807) is 6.07 Å². The average Bonchev–Trinajstić information content (AvgIpc) is 2.63. The Morgan fingerprint density at radius 1 is 1.12 bits per heavy atom. The molecule has 0 radical (unpaired) electrons. The average molecular weight is 354 g/mol. The number of non-ortho nitro benzene ring substituents is 1. The molecule has 136 valence electrons. The van der Waals surface area contributed by atoms with Crippen LogP contribution in [0.1, 0.15) is 36.4 Å². The molecule has 0 aromatic heterocycles. The zero-order valence-corrected chi connectivity index (χ0v) is 14.9. The van der Waals surface area contributed by atoms with Gasteiger partial charge in [-0.15, -0.1) is 0 Å². The minimum absolute atomic E-state index is 0.0206. The minimum atomic E-state index is -0.448. The molecule has 6 heteroatoms. The first-order valence-corrected chi connectivity index (χ1v) is 9.01. The molecule has 0 spiro atoms. The van der Waals surface area contributed by atoms with E-state index in [1.807, 2.05) is 37.3 Å². The van der Waals surface area contributed by atoms with E-state index in [-0.39, 0.29) is 11.6 Å². The Bertz CT molecular complexity index is 800. The standard InChI is InChI=1S/C20H23N3O3/c1-15-7-5-9-17(13-15)21-20(24)19(22-11-3-2-4-12-22)16-8-6-10-18(14-16)23(25)26/h5-10,13-14,19H,2-4,11-12H2,1H3,(H,21,24)/p+1/t19-/m0/s1. The molecule has 1 saturated heterocycles. The number of quaternary nitrogens is 1. The number of nitrogens with zero attached hydrogens (tertiary/aromatic N) is 1. The van der Waals surface area contributed by atoms with Crippen molar-refractivity contribution in [2.75, 3.05) is 18.4 Å². The maximum Gasteiger partial charge on any atom is 0.287 e. The molecule has 2 aromatic rings. The van der Waals surface area contributed by atoms with Gasteiger partial charge in [0.2, 0.25) is 0 Å². The van der Waals surface area contributed by atoms with Gasteiger partial charge in [0, 0.05) is 23.4 Å². The SMILES string of the molecule is Cc1cccc(NC(=O)[C@H](c2cccc([N+](=O)[O-])c2)[NH+]2CCCCC2)c1. The highest BCUT2D eigenvalue weighted by molar-refractivity contribution is 5.94. The lowest BCUT2D eigenvalue weighted by atomic mass is 10.00. The first-order valence-electron chi connectivity index (χ1n) is 9.01. The fourth-order valence-electron chi connectivity index (χ4n) is 3.62. The zero-order chi connectivity index (χ0) is 18.5. The highest BCUT2D eigenvalue weighted by atomic mass is 16.6. The van der Waals surface area contributed by atoms with Crippen LogP contribution in [0.2, 0.25) is 0 Å². The van der Waals surface area contributed by atoms with Crippen LogP contribution < -0.4 is 10.2 Å². The molecule has 3 rings (SSSR count). The van der Waals surface area contributed by atoms with Gasteiger partial charge in [0.25, 0.3) is 11.6 Å². The van der Waals surface area contributed by atoms with Crippen molar-refractivity contribution in [3.63, 3.8) is 0 Å². The molecule has 2 N–H and O–H groups in total. The van der Waals surface area contributed by atoms with E-state index in [0.29, 0.717) is 5.56 Å². The molecule has 26 heavy (non-hydrogen) atoms. The molecule has 0 aliphatic carbocycles. The summed E-state index contributed by atoms with van der Waals surface area (Å²) in [6.45, 7) is 3.77. The third-order valence-corrected chi connectivity index (χ3v) is 4.87. The van der Waals surface area contributed by atoms with Crippen LogP contribution in [0.15, 0.2) is 48.5 Å². The number of nitro benzene ring substituents is 1. The number of aryl methyl sites for hydroxylation is 1. The number of hydrogen-bond donors (Lipinski definition) is 2. The number of nitro groups is 1. The first kappa shape index (κ1) is 18.1. The predicted octanol–water partition coefficient (Wildman–Crippen LogP) is 2.65. The number of nitrogens with one attached hydrogen (secondary N) is 2. The molecule has 1 fully saturated rings. The Morgan fingerprint density at radius 2 is 1.85 bits per heavy atom. The molecular weight excluding hydrogens is 330 g/mol. The van der Waals surface area contributed by atoms with E-state index in [1.165, 1.54) is 23.5 Å². The number of carbonyl (C=O) groups excluding carboxylic acids is 1. The van der Waals surface area contributed by atoms with Crippen LogP contribution in [0.3, 0.4) is 0 Å². The third kappa shape index (κ3) is 4.26. The van der Waals surface area contributed by atoms with Crippen molar-refractivity contribution in [1.29, 1.82) is 0 Å². The smallest absolute Gasteiger partial charge is 0.287 e. The zero-order valence-electron chi connectivity index (χ0n) is 14.9. The van der Waals surface area contributed by atoms with Crippen molar-refractivity contribution in [1.82, 2.24) is 0 Å². The van der Waals surface area contributed by atoms with Crippen LogP contribution >= 0.6 is 0 Å². The summed E-state index contributed by atoms with van der Waals surface area (Å²) in [4.78, 5) is 25.0. The van der Waals surface area contributed by atoms with E-state index in [4.69, 9.17) is 0 Å². The van der Waals surface area contributed by atoms with Gasteiger partial charge in [-0.05, 0) is 43.9 Å². The molecule has 0 bridgehead atoms. The lowest BCUT2D eigenvalue weighted by Gasteiger charge is -2.30. The van der Waals surface area contributed by atoms with Crippen LogP contribution in [0, 0.1) is 17.0 Å². The van der Waals surface area contributed by atoms with Crippen molar-refractivity contribution >= 4 is 17.3 Å². The number of anilines is 1. The fraction of sp³-hybridized carbons (Fsp3) is 0.350. The molecule has 6 nitrogen and oxygen atoms in total. The molecule has 0 saturated carbocycles. The maximum atomic E-state index is 13.1. The summed E-state index contributed by atoms with van der Waals surface area (Å²) in [5, 5.41) is 14.1. The maximum absolute atomic E-state index is 13.1. The number of rotatable bonds is 5. The van der Waals surface area contributed by atoms with Gasteiger partial charge in [-0.3, -0.25) is 14.9 Å². The van der Waals surface area contributed by atoms with Crippen LogP contribution in [-0.2, 0) is 4.79 Å². The van der Waals surface area contributed by atoms with Crippen LogP contribution in [0.4, 0.5) is 11.4 Å². The Labute approximate surface area is 153 Å². The minimum Gasteiger partial charge on any atom is -0.321 e. The molecule has 0 unspecified atom stereocenters. The van der Waals surface area contributed by atoms with Crippen molar-refractivity contribution < 1.29 is 14.6 Å². The topological polar surface area (TPSA) is 76.7 Å². The summed E-state index contributed by atoms with van der Waals surface area (Å²) in [5.74, 6) is -0.118. The highest BCUT2D eigenvalue weighted by Gasteiger charge is 2.33. The number of carbonyl (C=O) groups is 1. The molecule has 1 aliphatic heterocycles. The molecule has 1 atom stereocenters. The summed E-state index contributed by atoms with van der Waals surface area (Å²) in [6, 6.07) is 13.7. The lowest BCUT2D eigenvalue weighted by molar-refractivity contribution is -0.926. The first-order chi connectivity index (χ1) is 12.5. The summed E-state index contributed by atoms with van der Waals surface area (Å²) >= 11 is 0. The van der Waals surface area contributed by atoms with Crippen LogP contribution in [0.5, 0.6) is 0 Å². The van der Waals surface area contributed by atoms with Crippen LogP contribution in [-0.4, -0.2) is 23.9 Å². The summed E-state index contributed by atoms with van der Waals surface area (Å²) in [7, 11) is 0. The van der Waals surface area contributed by atoms with Gasteiger partial charge in [-0.1, -0.05) is 24.3 Å². The van der Waals surface area contributed by atoms with Gasteiger partial charge in [-0.25, -0.2) is 0 Å². The normalized spacial score (nSPS) is 16.0. The number of piperidine rings is 1. The van der Waals surface area contributed by atoms with Crippen molar-refractivity contribution in [3.05, 3.63) is 69.8 Å². The Balaban J connectivity index is 1.91. The molecular formula is C20H24N3O3+. The Kier molecular flexibility index (Phi) is 5.63. The van der Waals surface area contributed by atoms with E-state index in [2.05, 4.69) is 5.32 Å². The van der Waals surface area contributed by atoms with Gasteiger partial charge in [0.1, 0.15) is 0 Å². The molecule has 2 aromatic carbocycles. The van der Waals surface area contributed by atoms with Crippen molar-refractivity contribution in [3.8, 4) is 0 Å². The van der Waals surface area contributed by atoms with Crippen molar-refractivity contribution in [2.45, 2.75) is 32.2 Å². The monoisotopic (exact) mass is 354 g/mol. The highest BCUT2D eigenvalue weighted by Crippen LogP contribution is 2.20. The number of benzene rings is 2. The van der Waals surface area contributed by atoms with Crippen LogP contribution in [0.25, 0.3) is 0 Å². The van der Waals surface area contributed by atoms with Gasteiger partial charge < -0.3 is 10.2 Å². The number of amides is 1. The second kappa shape index (κ2) is 8.10. The Morgan fingerprint density at radius 3 is 2.54 bits per heavy atom. The summed E-state index contributed by atoms with van der Waals surface area (Å²) in [6.07, 6.45) is 3.31. The summed E-state index contributed by atoms with van der Waals surface area (Å²) in [5.41, 5.74) is 2.54. The summed E-state index contributed by atoms with van der Waals surface area (Å²) < 4.78 is 0. The van der Waals surface area contributed by atoms with Gasteiger partial charge >= 0.3 is 0 Å². The van der Waals surface area contributed by atoms with E-state index in [9.17, 15) is 14.9 Å². The number of hydrogen-bond acceptors (Lipinski definition) is 3. The second-order valence-corrected chi connectivity index (χ2v) is 6.86. The van der Waals surface area contributed by atoms with E-state index < -0.39 is 11.0 Å². The largest absolute Gasteiger partial charge is 0.321 e. The molecule has 1 amide bonds. The number of likely N-dealkylation sites (tertiary alicyclic amines) is 1.